The molecule has 2 aliphatic rings. The highest BCUT2D eigenvalue weighted by Crippen LogP contribution is 2.27. The number of aromatic carboxylic acids is 1. The molecule has 3 rings (SSSR count). The van der Waals surface area contributed by atoms with E-state index in [0.717, 1.165) is 25.9 Å². The fraction of sp³-hybridized carbons (Fsp3) is 0.571. The Morgan fingerprint density at radius 3 is 2.95 bits per heavy atom. The summed E-state index contributed by atoms with van der Waals surface area (Å²) in [5.74, 6) is -0.806. The highest BCUT2D eigenvalue weighted by Gasteiger charge is 2.37. The van der Waals surface area contributed by atoms with Gasteiger partial charge in [0.2, 0.25) is 5.76 Å². The molecular formula is C14H19N3O4. The molecule has 0 bridgehead atoms. The molecule has 2 aliphatic heterocycles. The lowest BCUT2D eigenvalue weighted by atomic mass is 10.1. The van der Waals surface area contributed by atoms with Crippen LogP contribution in [0, 0.1) is 0 Å². The average molecular weight is 293 g/mol. The van der Waals surface area contributed by atoms with Crippen molar-refractivity contribution in [2.24, 2.45) is 0 Å². The lowest BCUT2D eigenvalue weighted by Gasteiger charge is -2.21. The number of nitrogens with one attached hydrogen (secondary N) is 2. The van der Waals surface area contributed by atoms with Gasteiger partial charge in [-0.3, -0.25) is 4.90 Å². The van der Waals surface area contributed by atoms with E-state index in [0.29, 0.717) is 11.8 Å². The molecular weight excluding hydrogens is 274 g/mol. The van der Waals surface area contributed by atoms with Gasteiger partial charge in [-0.2, -0.15) is 0 Å². The maximum atomic E-state index is 11.9. The van der Waals surface area contributed by atoms with Crippen LogP contribution in [0.2, 0.25) is 0 Å². The third-order valence-corrected chi connectivity index (χ3v) is 4.22. The van der Waals surface area contributed by atoms with E-state index < -0.39 is 5.97 Å². The van der Waals surface area contributed by atoms with Crippen LogP contribution >= 0.6 is 0 Å². The number of amides is 2. The van der Waals surface area contributed by atoms with E-state index in [-0.39, 0.29) is 24.4 Å². The van der Waals surface area contributed by atoms with Crippen LogP contribution in [0.4, 0.5) is 4.79 Å². The van der Waals surface area contributed by atoms with Crippen molar-refractivity contribution in [2.45, 2.75) is 37.9 Å². The third-order valence-electron chi connectivity index (χ3n) is 4.22. The summed E-state index contributed by atoms with van der Waals surface area (Å²) in [4.78, 5) is 25.0. The second kappa shape index (κ2) is 5.77. The molecule has 2 fully saturated rings. The molecule has 3 heterocycles. The number of carbonyl (C=O) groups excluding carboxylic acids is 1. The Morgan fingerprint density at radius 2 is 2.19 bits per heavy atom. The van der Waals surface area contributed by atoms with Gasteiger partial charge in [-0.1, -0.05) is 0 Å². The van der Waals surface area contributed by atoms with Crippen LogP contribution in [-0.4, -0.2) is 47.2 Å². The van der Waals surface area contributed by atoms with Gasteiger partial charge in [-0.15, -0.1) is 0 Å². The SMILES string of the molecule is O=C(NCc1ccc(C(=O)O)o1)NC1CCN2CCCC12. The molecule has 7 heteroatoms. The smallest absolute Gasteiger partial charge is 0.371 e. The molecule has 0 saturated carbocycles. The predicted octanol–water partition coefficient (Wildman–Crippen LogP) is 1.01. The van der Waals surface area contributed by atoms with E-state index in [1.54, 1.807) is 6.07 Å². The molecule has 7 nitrogen and oxygen atoms in total. The molecule has 0 spiro atoms. The van der Waals surface area contributed by atoms with Crippen molar-refractivity contribution >= 4 is 12.0 Å². The van der Waals surface area contributed by atoms with Crippen LogP contribution in [-0.2, 0) is 6.54 Å². The lowest BCUT2D eigenvalue weighted by Crippen LogP contribution is -2.46. The minimum atomic E-state index is -1.11. The molecule has 2 unspecified atom stereocenters. The monoisotopic (exact) mass is 293 g/mol. The van der Waals surface area contributed by atoms with Crippen molar-refractivity contribution in [3.8, 4) is 0 Å². The number of furan rings is 1. The number of hydrogen-bond donors (Lipinski definition) is 3. The standard InChI is InChI=1S/C14H19N3O4/c18-13(19)12-4-3-9(21-12)8-15-14(20)16-10-5-7-17-6-1-2-11(10)17/h3-4,10-11H,1-2,5-8H2,(H,18,19)(H2,15,16,20). The number of carboxylic acid groups (broad SMARTS) is 1. The van der Waals surface area contributed by atoms with Gasteiger partial charge in [-0.05, 0) is 37.9 Å². The van der Waals surface area contributed by atoms with Gasteiger partial charge in [-0.25, -0.2) is 9.59 Å². The van der Waals surface area contributed by atoms with Gasteiger partial charge >= 0.3 is 12.0 Å². The van der Waals surface area contributed by atoms with E-state index >= 15 is 0 Å². The second-order valence-electron chi connectivity index (χ2n) is 5.54. The summed E-state index contributed by atoms with van der Waals surface area (Å²) in [5, 5.41) is 14.5. The summed E-state index contributed by atoms with van der Waals surface area (Å²) >= 11 is 0. The molecule has 21 heavy (non-hydrogen) atoms. The fourth-order valence-electron chi connectivity index (χ4n) is 3.23. The van der Waals surface area contributed by atoms with E-state index in [2.05, 4.69) is 15.5 Å². The maximum Gasteiger partial charge on any atom is 0.371 e. The predicted molar refractivity (Wildman–Crippen MR) is 74.0 cm³/mol. The van der Waals surface area contributed by atoms with E-state index in [9.17, 15) is 9.59 Å². The summed E-state index contributed by atoms with van der Waals surface area (Å²) in [6.07, 6.45) is 3.34. The minimum Gasteiger partial charge on any atom is -0.475 e. The quantitative estimate of drug-likeness (QED) is 0.770. The van der Waals surface area contributed by atoms with Crippen molar-refractivity contribution in [1.82, 2.24) is 15.5 Å². The first kappa shape index (κ1) is 13.9. The first-order valence-corrected chi connectivity index (χ1v) is 7.24. The number of carbonyl (C=O) groups is 2. The Labute approximate surface area is 122 Å². The van der Waals surface area contributed by atoms with Crippen molar-refractivity contribution in [1.29, 1.82) is 0 Å². The summed E-state index contributed by atoms with van der Waals surface area (Å²) < 4.78 is 5.08. The normalized spacial score (nSPS) is 24.8. The minimum absolute atomic E-state index is 0.121. The first-order valence-electron chi connectivity index (χ1n) is 7.24. The van der Waals surface area contributed by atoms with Crippen LogP contribution < -0.4 is 10.6 Å². The van der Waals surface area contributed by atoms with Crippen molar-refractivity contribution in [3.63, 3.8) is 0 Å². The highest BCUT2D eigenvalue weighted by atomic mass is 16.4. The number of carboxylic acids is 1. The summed E-state index contributed by atoms with van der Waals surface area (Å²) in [6, 6.07) is 3.38. The highest BCUT2D eigenvalue weighted by molar-refractivity contribution is 5.84. The summed E-state index contributed by atoms with van der Waals surface area (Å²) in [7, 11) is 0. The Balaban J connectivity index is 1.47. The molecule has 2 atom stereocenters. The van der Waals surface area contributed by atoms with Gasteiger partial charge in [0.1, 0.15) is 5.76 Å². The van der Waals surface area contributed by atoms with Crippen LogP contribution in [0.1, 0.15) is 35.6 Å². The lowest BCUT2D eigenvalue weighted by molar-refractivity contribution is 0.0660. The largest absolute Gasteiger partial charge is 0.475 e. The van der Waals surface area contributed by atoms with Crippen LogP contribution in [0.15, 0.2) is 16.5 Å². The Bertz CT molecular complexity index is 542. The Hall–Kier alpha value is -2.02. The van der Waals surface area contributed by atoms with Gasteiger partial charge in [0.05, 0.1) is 6.54 Å². The number of urea groups is 1. The van der Waals surface area contributed by atoms with Crippen molar-refractivity contribution in [2.75, 3.05) is 13.1 Å². The maximum absolute atomic E-state index is 11.9. The number of rotatable bonds is 4. The first-order chi connectivity index (χ1) is 10.1. The second-order valence-corrected chi connectivity index (χ2v) is 5.54. The summed E-state index contributed by atoms with van der Waals surface area (Å²) in [6.45, 7) is 2.37. The molecule has 0 radical (unpaired) electrons. The third kappa shape index (κ3) is 3.02. The molecule has 2 saturated heterocycles. The average Bonchev–Trinajstić information content (AvgIpc) is 3.14. The molecule has 2 amide bonds. The molecule has 114 valence electrons. The van der Waals surface area contributed by atoms with Gasteiger partial charge in [0, 0.05) is 18.6 Å². The Morgan fingerprint density at radius 1 is 1.33 bits per heavy atom. The zero-order valence-electron chi connectivity index (χ0n) is 11.7. The number of fused-ring (bicyclic) bond motifs is 1. The van der Waals surface area contributed by atoms with Gasteiger partial charge in [0.15, 0.2) is 0 Å². The topological polar surface area (TPSA) is 94.8 Å². The summed E-state index contributed by atoms with van der Waals surface area (Å²) in [5.41, 5.74) is 0. The molecule has 3 N–H and O–H groups in total. The van der Waals surface area contributed by atoms with Crippen molar-refractivity contribution < 1.29 is 19.1 Å². The van der Waals surface area contributed by atoms with E-state index in [1.807, 2.05) is 0 Å². The zero-order valence-corrected chi connectivity index (χ0v) is 11.7. The van der Waals surface area contributed by atoms with Crippen molar-refractivity contribution in [3.05, 3.63) is 23.7 Å². The number of hydrogen-bond acceptors (Lipinski definition) is 4. The van der Waals surface area contributed by atoms with E-state index in [4.69, 9.17) is 9.52 Å². The molecule has 1 aromatic rings. The fourth-order valence-corrected chi connectivity index (χ4v) is 3.23. The van der Waals surface area contributed by atoms with Crippen LogP contribution in [0.25, 0.3) is 0 Å². The van der Waals surface area contributed by atoms with Gasteiger partial charge < -0.3 is 20.2 Å². The Kier molecular flexibility index (Phi) is 3.83. The van der Waals surface area contributed by atoms with E-state index in [1.165, 1.54) is 12.5 Å². The van der Waals surface area contributed by atoms with Crippen LogP contribution in [0.3, 0.4) is 0 Å². The number of nitrogens with zero attached hydrogens (tertiary/aromatic N) is 1. The molecule has 0 aliphatic carbocycles. The van der Waals surface area contributed by atoms with Crippen LogP contribution in [0.5, 0.6) is 0 Å². The molecule has 0 aromatic carbocycles. The zero-order chi connectivity index (χ0) is 14.8. The molecule has 1 aromatic heterocycles. The van der Waals surface area contributed by atoms with Gasteiger partial charge in [0.25, 0.3) is 0 Å².